The van der Waals surface area contributed by atoms with Crippen molar-refractivity contribution in [1.29, 1.82) is 0 Å². The maximum atomic E-state index is 13.4. The molecule has 0 saturated heterocycles. The van der Waals surface area contributed by atoms with Crippen molar-refractivity contribution in [3.05, 3.63) is 64.1 Å². The summed E-state index contributed by atoms with van der Waals surface area (Å²) in [4.78, 5) is 28.1. The van der Waals surface area contributed by atoms with E-state index in [1.807, 2.05) is 39.8 Å². The molecule has 0 saturated carbocycles. The number of carbonyl (C=O) groups is 2. The number of halogens is 2. The number of nitrogens with zero attached hydrogens (tertiary/aromatic N) is 2. The van der Waals surface area contributed by atoms with Crippen LogP contribution in [0.25, 0.3) is 0 Å². The largest absolute Gasteiger partial charge is 0.350 e. The summed E-state index contributed by atoms with van der Waals surface area (Å²) in [6.45, 7) is 7.88. The van der Waals surface area contributed by atoms with Crippen LogP contribution in [-0.4, -0.2) is 49.5 Å². The Morgan fingerprint density at radius 1 is 0.972 bits per heavy atom. The number of carbonyl (C=O) groups excluding carboxylic acids is 2. The fraction of sp³-hybridized carbons (Fsp3) is 0.462. The molecule has 0 unspecified atom stereocenters. The molecule has 1 N–H and O–H groups in total. The van der Waals surface area contributed by atoms with E-state index in [-0.39, 0.29) is 37.7 Å². The second-order valence-electron chi connectivity index (χ2n) is 9.73. The molecule has 7 nitrogen and oxygen atoms in total. The van der Waals surface area contributed by atoms with E-state index in [0.29, 0.717) is 22.2 Å². The van der Waals surface area contributed by atoms with Gasteiger partial charge in [-0.05, 0) is 75.6 Å². The number of anilines is 1. The summed E-state index contributed by atoms with van der Waals surface area (Å²) < 4.78 is 26.1. The minimum absolute atomic E-state index is 0.0759. The number of benzene rings is 2. The average molecular weight is 557 g/mol. The summed E-state index contributed by atoms with van der Waals surface area (Å²) in [6, 6.07) is 12.9. The Morgan fingerprint density at radius 3 is 1.97 bits per heavy atom. The molecule has 0 bridgehead atoms. The first kappa shape index (κ1) is 29.9. The lowest BCUT2D eigenvalue weighted by Gasteiger charge is -2.33. The minimum atomic E-state index is -3.57. The van der Waals surface area contributed by atoms with Crippen LogP contribution in [-0.2, 0) is 26.2 Å². The quantitative estimate of drug-likeness (QED) is 0.409. The maximum absolute atomic E-state index is 13.4. The van der Waals surface area contributed by atoms with Crippen LogP contribution in [0.5, 0.6) is 0 Å². The van der Waals surface area contributed by atoms with E-state index >= 15 is 0 Å². The van der Waals surface area contributed by atoms with Gasteiger partial charge in [0, 0.05) is 35.1 Å². The van der Waals surface area contributed by atoms with E-state index in [4.69, 9.17) is 23.2 Å². The third-order valence-corrected chi connectivity index (χ3v) is 7.12. The van der Waals surface area contributed by atoms with Gasteiger partial charge in [0.15, 0.2) is 0 Å². The van der Waals surface area contributed by atoms with Gasteiger partial charge in [0.2, 0.25) is 21.8 Å². The molecule has 2 amide bonds. The lowest BCUT2D eigenvalue weighted by atomic mass is 10.0. The van der Waals surface area contributed by atoms with Crippen LogP contribution in [0.15, 0.2) is 48.5 Å². The first-order valence-electron chi connectivity index (χ1n) is 11.8. The standard InChI is InChI=1S/C26H35Cl2N3O4S/c1-6-23(25(33)29-26(2,3)4)30(18-19-9-11-20(27)12-10-19)24(32)8-7-17-31(36(5,34)35)22-15-13-21(28)14-16-22/h9-16,23H,6-8,17-18H2,1-5H3,(H,29,33)/t23-/m0/s1. The fourth-order valence-electron chi connectivity index (χ4n) is 3.77. The lowest BCUT2D eigenvalue weighted by Crippen LogP contribution is -2.53. The molecule has 10 heteroatoms. The molecule has 2 aromatic rings. The van der Waals surface area contributed by atoms with Crippen LogP contribution < -0.4 is 9.62 Å². The Bertz CT molecular complexity index is 1130. The van der Waals surface area contributed by atoms with Gasteiger partial charge in [-0.1, -0.05) is 42.3 Å². The number of rotatable bonds is 11. The highest BCUT2D eigenvalue weighted by Crippen LogP contribution is 2.22. The number of nitrogens with one attached hydrogen (secondary N) is 1. The van der Waals surface area contributed by atoms with Gasteiger partial charge in [0.05, 0.1) is 11.9 Å². The molecule has 0 spiro atoms. The fourth-order valence-corrected chi connectivity index (χ4v) is 4.99. The van der Waals surface area contributed by atoms with Gasteiger partial charge in [-0.2, -0.15) is 0 Å². The third kappa shape index (κ3) is 9.30. The SMILES string of the molecule is CC[C@@H](C(=O)NC(C)(C)C)N(Cc1ccc(Cl)cc1)C(=O)CCCN(c1ccc(Cl)cc1)S(C)(=O)=O. The maximum Gasteiger partial charge on any atom is 0.243 e. The van der Waals surface area contributed by atoms with Crippen LogP contribution >= 0.6 is 23.2 Å². The Labute approximate surface area is 224 Å². The highest BCUT2D eigenvalue weighted by atomic mass is 35.5. The van der Waals surface area contributed by atoms with Crippen LogP contribution in [0, 0.1) is 0 Å². The Balaban J connectivity index is 2.22. The Morgan fingerprint density at radius 2 is 1.50 bits per heavy atom. The molecule has 0 radical (unpaired) electrons. The molecule has 0 fully saturated rings. The van der Waals surface area contributed by atoms with Gasteiger partial charge in [-0.15, -0.1) is 0 Å². The van der Waals surface area contributed by atoms with E-state index in [9.17, 15) is 18.0 Å². The summed E-state index contributed by atoms with van der Waals surface area (Å²) in [5.74, 6) is -0.461. The van der Waals surface area contributed by atoms with Crippen LogP contribution in [0.4, 0.5) is 5.69 Å². The van der Waals surface area contributed by atoms with Crippen molar-refractivity contribution in [3.63, 3.8) is 0 Å². The molecular weight excluding hydrogens is 521 g/mol. The van der Waals surface area contributed by atoms with E-state index in [1.54, 1.807) is 41.3 Å². The van der Waals surface area contributed by atoms with Gasteiger partial charge in [-0.3, -0.25) is 13.9 Å². The zero-order chi connectivity index (χ0) is 27.1. The molecule has 0 aliphatic rings. The molecule has 2 rings (SSSR count). The number of hydrogen-bond acceptors (Lipinski definition) is 4. The van der Waals surface area contributed by atoms with Gasteiger partial charge >= 0.3 is 0 Å². The van der Waals surface area contributed by atoms with E-state index < -0.39 is 21.6 Å². The molecular formula is C26H35Cl2N3O4S. The second-order valence-corrected chi connectivity index (χ2v) is 12.5. The Kier molecular flexibility index (Phi) is 10.6. The number of sulfonamides is 1. The molecule has 0 aliphatic carbocycles. The van der Waals surface area contributed by atoms with Crippen LogP contribution in [0.3, 0.4) is 0 Å². The summed E-state index contributed by atoms with van der Waals surface area (Å²) in [6.07, 6.45) is 1.91. The van der Waals surface area contributed by atoms with Gasteiger partial charge in [-0.25, -0.2) is 8.42 Å². The summed E-state index contributed by atoms with van der Waals surface area (Å²) in [7, 11) is -3.57. The van der Waals surface area contributed by atoms with Crippen LogP contribution in [0.1, 0.15) is 52.5 Å². The predicted molar refractivity (Wildman–Crippen MR) is 147 cm³/mol. The highest BCUT2D eigenvalue weighted by molar-refractivity contribution is 7.92. The van der Waals surface area contributed by atoms with Gasteiger partial charge in [0.1, 0.15) is 6.04 Å². The molecule has 2 aromatic carbocycles. The zero-order valence-corrected chi connectivity index (χ0v) is 23.8. The average Bonchev–Trinajstić information content (AvgIpc) is 2.76. The van der Waals surface area contributed by atoms with E-state index in [1.165, 1.54) is 4.31 Å². The first-order valence-corrected chi connectivity index (χ1v) is 14.4. The molecule has 0 aromatic heterocycles. The summed E-state index contributed by atoms with van der Waals surface area (Å²) in [5, 5.41) is 4.05. The van der Waals surface area contributed by atoms with Crippen molar-refractivity contribution in [3.8, 4) is 0 Å². The van der Waals surface area contributed by atoms with Crippen molar-refractivity contribution in [2.75, 3.05) is 17.1 Å². The molecule has 36 heavy (non-hydrogen) atoms. The monoisotopic (exact) mass is 555 g/mol. The Hall–Kier alpha value is -2.29. The third-order valence-electron chi connectivity index (χ3n) is 5.42. The highest BCUT2D eigenvalue weighted by Gasteiger charge is 2.30. The van der Waals surface area contributed by atoms with Crippen molar-refractivity contribution in [1.82, 2.24) is 10.2 Å². The van der Waals surface area contributed by atoms with Crippen molar-refractivity contribution >= 4 is 50.7 Å². The van der Waals surface area contributed by atoms with E-state index in [2.05, 4.69) is 5.32 Å². The smallest absolute Gasteiger partial charge is 0.243 e. The predicted octanol–water partition coefficient (Wildman–Crippen LogP) is 5.26. The number of amides is 2. The van der Waals surface area contributed by atoms with Gasteiger partial charge in [0.25, 0.3) is 0 Å². The molecule has 0 heterocycles. The molecule has 198 valence electrons. The lowest BCUT2D eigenvalue weighted by molar-refractivity contribution is -0.142. The topological polar surface area (TPSA) is 86.8 Å². The van der Waals surface area contributed by atoms with E-state index in [0.717, 1.165) is 11.8 Å². The minimum Gasteiger partial charge on any atom is -0.350 e. The van der Waals surface area contributed by atoms with Crippen molar-refractivity contribution < 1.29 is 18.0 Å². The number of hydrogen-bond donors (Lipinski definition) is 1. The first-order chi connectivity index (χ1) is 16.7. The van der Waals surface area contributed by atoms with Crippen molar-refractivity contribution in [2.24, 2.45) is 0 Å². The second kappa shape index (κ2) is 12.8. The summed E-state index contributed by atoms with van der Waals surface area (Å²) >= 11 is 11.9. The normalized spacial score (nSPS) is 12.6. The summed E-state index contributed by atoms with van der Waals surface area (Å²) in [5.41, 5.74) is 0.866. The van der Waals surface area contributed by atoms with Gasteiger partial charge < -0.3 is 10.2 Å². The molecule has 1 atom stereocenters. The van der Waals surface area contributed by atoms with Crippen molar-refractivity contribution in [2.45, 2.75) is 65.1 Å². The molecule has 0 aliphatic heterocycles. The van der Waals surface area contributed by atoms with Crippen LogP contribution in [0.2, 0.25) is 10.0 Å². The zero-order valence-electron chi connectivity index (χ0n) is 21.4.